The summed E-state index contributed by atoms with van der Waals surface area (Å²) in [4.78, 5) is 43.4. The predicted octanol–water partition coefficient (Wildman–Crippen LogP) is -1.33. The molecule has 16 heavy (non-hydrogen) atoms. The number of ether oxygens (including phenoxy) is 2. The molecule has 0 bridgehead atoms. The van der Waals surface area contributed by atoms with Gasteiger partial charge >= 0.3 is 11.9 Å². The number of nitrogens with one attached hydrogen (secondary N) is 1. The zero-order valence-corrected chi connectivity index (χ0v) is 8.39. The van der Waals surface area contributed by atoms with Crippen LogP contribution in [0, 0.1) is 0 Å². The van der Waals surface area contributed by atoms with Crippen LogP contribution in [0.2, 0.25) is 0 Å². The molecule has 1 rings (SSSR count). The standard InChI is InChI=1S/C9H9NO6/c1-15-7(12)2-3-8(13)16-5-4-6(11)10-9(5)14/h2-3,5H,4H2,1H3,(H,10,11,14)/b3-2+. The molecular formula is C9H9NO6. The fourth-order valence-corrected chi connectivity index (χ4v) is 1.01. The van der Waals surface area contributed by atoms with Crippen LogP contribution in [0.3, 0.4) is 0 Å². The predicted molar refractivity (Wildman–Crippen MR) is 48.8 cm³/mol. The first-order valence-corrected chi connectivity index (χ1v) is 4.33. The number of hydrogen-bond acceptors (Lipinski definition) is 6. The van der Waals surface area contributed by atoms with Crippen LogP contribution in [0.1, 0.15) is 6.42 Å². The molecule has 7 heteroatoms. The minimum atomic E-state index is -1.12. The van der Waals surface area contributed by atoms with E-state index < -0.39 is 29.9 Å². The summed E-state index contributed by atoms with van der Waals surface area (Å²) in [5.74, 6) is -2.77. The van der Waals surface area contributed by atoms with Crippen LogP contribution in [-0.4, -0.2) is 37.0 Å². The lowest BCUT2D eigenvalue weighted by atomic mass is 10.3. The maximum Gasteiger partial charge on any atom is 0.331 e. The molecule has 0 aliphatic carbocycles. The van der Waals surface area contributed by atoms with Gasteiger partial charge in [-0.1, -0.05) is 0 Å². The van der Waals surface area contributed by atoms with Crippen LogP contribution in [-0.2, 0) is 28.7 Å². The first-order chi connectivity index (χ1) is 7.52. The van der Waals surface area contributed by atoms with E-state index in [-0.39, 0.29) is 6.42 Å². The topological polar surface area (TPSA) is 98.8 Å². The smallest absolute Gasteiger partial charge is 0.331 e. The average molecular weight is 227 g/mol. The van der Waals surface area contributed by atoms with Crippen molar-refractivity contribution in [3.05, 3.63) is 12.2 Å². The van der Waals surface area contributed by atoms with Crippen molar-refractivity contribution in [1.82, 2.24) is 5.32 Å². The summed E-state index contributed by atoms with van der Waals surface area (Å²) in [5.41, 5.74) is 0. The molecule has 0 aromatic carbocycles. The van der Waals surface area contributed by atoms with Crippen molar-refractivity contribution in [2.24, 2.45) is 0 Å². The van der Waals surface area contributed by atoms with Crippen LogP contribution < -0.4 is 5.32 Å². The molecule has 86 valence electrons. The SMILES string of the molecule is COC(=O)/C=C/C(=O)OC1CC(=O)NC1=O. The van der Waals surface area contributed by atoms with Gasteiger partial charge in [0.15, 0.2) is 6.10 Å². The van der Waals surface area contributed by atoms with Gasteiger partial charge in [-0.2, -0.15) is 0 Å². The van der Waals surface area contributed by atoms with Gasteiger partial charge in [0, 0.05) is 12.2 Å². The lowest BCUT2D eigenvalue weighted by molar-refractivity contribution is -0.149. The lowest BCUT2D eigenvalue weighted by Crippen LogP contribution is -2.27. The Morgan fingerprint density at radius 1 is 1.31 bits per heavy atom. The molecule has 1 saturated heterocycles. The largest absolute Gasteiger partial charge is 0.466 e. The number of methoxy groups -OCH3 is 1. The Morgan fingerprint density at radius 2 is 1.94 bits per heavy atom. The Morgan fingerprint density at radius 3 is 2.44 bits per heavy atom. The number of esters is 2. The van der Waals surface area contributed by atoms with Gasteiger partial charge in [0.1, 0.15) is 0 Å². The second-order valence-corrected chi connectivity index (χ2v) is 2.90. The van der Waals surface area contributed by atoms with Gasteiger partial charge in [0.05, 0.1) is 13.5 Å². The summed E-state index contributed by atoms with van der Waals surface area (Å²) in [5, 5.41) is 1.98. The maximum atomic E-state index is 11.1. The van der Waals surface area contributed by atoms with Crippen molar-refractivity contribution >= 4 is 23.8 Å². The highest BCUT2D eigenvalue weighted by Gasteiger charge is 2.33. The fourth-order valence-electron chi connectivity index (χ4n) is 1.01. The lowest BCUT2D eigenvalue weighted by Gasteiger charge is -2.05. The van der Waals surface area contributed by atoms with Gasteiger partial charge in [-0.15, -0.1) is 0 Å². The van der Waals surface area contributed by atoms with E-state index in [4.69, 9.17) is 0 Å². The molecule has 1 aliphatic heterocycles. The van der Waals surface area contributed by atoms with Crippen molar-refractivity contribution in [2.75, 3.05) is 7.11 Å². The molecular weight excluding hydrogens is 218 g/mol. The van der Waals surface area contributed by atoms with Crippen LogP contribution >= 0.6 is 0 Å². The van der Waals surface area contributed by atoms with Gasteiger partial charge in [0.25, 0.3) is 5.91 Å². The number of rotatable bonds is 3. The maximum absolute atomic E-state index is 11.1. The molecule has 1 N–H and O–H groups in total. The minimum absolute atomic E-state index is 0.198. The van der Waals surface area contributed by atoms with E-state index in [1.807, 2.05) is 5.32 Å². The summed E-state index contributed by atoms with van der Waals surface area (Å²) in [7, 11) is 1.15. The van der Waals surface area contributed by atoms with Crippen LogP contribution in [0.5, 0.6) is 0 Å². The molecule has 2 amide bonds. The van der Waals surface area contributed by atoms with Crippen molar-refractivity contribution in [2.45, 2.75) is 12.5 Å². The highest BCUT2D eigenvalue weighted by Crippen LogP contribution is 2.06. The van der Waals surface area contributed by atoms with Crippen molar-refractivity contribution in [1.29, 1.82) is 0 Å². The Bertz CT molecular complexity index is 372. The van der Waals surface area contributed by atoms with Gasteiger partial charge in [-0.05, 0) is 0 Å². The summed E-state index contributed by atoms with van der Waals surface area (Å²) in [6.45, 7) is 0. The molecule has 0 aromatic heterocycles. The zero-order chi connectivity index (χ0) is 12.1. The van der Waals surface area contributed by atoms with E-state index in [0.29, 0.717) is 0 Å². The minimum Gasteiger partial charge on any atom is -0.466 e. The van der Waals surface area contributed by atoms with E-state index in [1.165, 1.54) is 0 Å². The zero-order valence-electron chi connectivity index (χ0n) is 8.39. The Balaban J connectivity index is 2.46. The van der Waals surface area contributed by atoms with Crippen molar-refractivity contribution < 1.29 is 28.7 Å². The quantitative estimate of drug-likeness (QED) is 0.364. The molecule has 0 saturated carbocycles. The second kappa shape index (κ2) is 5.06. The van der Waals surface area contributed by atoms with E-state index in [1.54, 1.807) is 0 Å². The average Bonchev–Trinajstić information content (AvgIpc) is 2.54. The third-order valence-corrected chi connectivity index (χ3v) is 1.74. The van der Waals surface area contributed by atoms with Crippen LogP contribution in [0.4, 0.5) is 0 Å². The number of carbonyl (C=O) groups is 4. The molecule has 1 fully saturated rings. The molecule has 1 unspecified atom stereocenters. The van der Waals surface area contributed by atoms with Gasteiger partial charge < -0.3 is 9.47 Å². The summed E-state index contributed by atoms with van der Waals surface area (Å²) in [6.07, 6.45) is 0.359. The van der Waals surface area contributed by atoms with E-state index in [2.05, 4.69) is 9.47 Å². The first kappa shape index (κ1) is 11.9. The highest BCUT2D eigenvalue weighted by molar-refractivity contribution is 6.06. The molecule has 7 nitrogen and oxygen atoms in total. The van der Waals surface area contributed by atoms with E-state index in [0.717, 1.165) is 19.3 Å². The normalized spacial score (nSPS) is 19.7. The van der Waals surface area contributed by atoms with Gasteiger partial charge in [-0.3, -0.25) is 14.9 Å². The van der Waals surface area contributed by atoms with E-state index >= 15 is 0 Å². The molecule has 0 radical (unpaired) electrons. The third kappa shape index (κ3) is 3.19. The van der Waals surface area contributed by atoms with Crippen molar-refractivity contribution in [3.63, 3.8) is 0 Å². The number of carbonyl (C=O) groups excluding carboxylic acids is 4. The van der Waals surface area contributed by atoms with Gasteiger partial charge in [0.2, 0.25) is 5.91 Å². The Hall–Kier alpha value is -2.18. The monoisotopic (exact) mass is 227 g/mol. The Kier molecular flexibility index (Phi) is 3.76. The van der Waals surface area contributed by atoms with Crippen LogP contribution in [0.25, 0.3) is 0 Å². The second-order valence-electron chi connectivity index (χ2n) is 2.90. The fraction of sp³-hybridized carbons (Fsp3) is 0.333. The number of amides is 2. The van der Waals surface area contributed by atoms with Gasteiger partial charge in [-0.25, -0.2) is 9.59 Å². The van der Waals surface area contributed by atoms with Crippen molar-refractivity contribution in [3.8, 4) is 0 Å². The van der Waals surface area contributed by atoms with E-state index in [9.17, 15) is 19.2 Å². The number of hydrogen-bond donors (Lipinski definition) is 1. The molecule has 0 spiro atoms. The highest BCUT2D eigenvalue weighted by atomic mass is 16.5. The summed E-state index contributed by atoms with van der Waals surface area (Å²) < 4.78 is 8.86. The number of imide groups is 1. The Labute approximate surface area is 90.4 Å². The molecule has 1 atom stereocenters. The molecule has 1 aliphatic rings. The summed E-state index contributed by atoms with van der Waals surface area (Å²) >= 11 is 0. The first-order valence-electron chi connectivity index (χ1n) is 4.33. The molecule has 0 aromatic rings. The third-order valence-electron chi connectivity index (χ3n) is 1.74. The summed E-state index contributed by atoms with van der Waals surface area (Å²) in [6, 6.07) is 0. The molecule has 1 heterocycles. The van der Waals surface area contributed by atoms with Crippen LogP contribution in [0.15, 0.2) is 12.2 Å².